The smallest absolute Gasteiger partial charge is 0.252 e. The summed E-state index contributed by atoms with van der Waals surface area (Å²) < 4.78 is 26.5. The van der Waals surface area contributed by atoms with Crippen molar-refractivity contribution in [2.24, 2.45) is 11.8 Å². The van der Waals surface area contributed by atoms with Crippen molar-refractivity contribution in [3.05, 3.63) is 0 Å². The monoisotopic (exact) mass is 185 g/mol. The van der Waals surface area contributed by atoms with Crippen molar-refractivity contribution in [1.82, 2.24) is 4.90 Å². The molecule has 1 nitrogen and oxygen atoms in total. The number of terminal acetylenes is 1. The van der Waals surface area contributed by atoms with Crippen LogP contribution in [0, 0.1) is 24.2 Å². The number of rotatable bonds is 1. The first kappa shape index (κ1) is 8.96. The van der Waals surface area contributed by atoms with Crippen LogP contribution in [0.5, 0.6) is 0 Å². The summed E-state index contributed by atoms with van der Waals surface area (Å²) in [5, 5.41) is 0. The summed E-state index contributed by atoms with van der Waals surface area (Å²) in [6, 6.07) is 0. The van der Waals surface area contributed by atoms with E-state index in [0.717, 1.165) is 6.54 Å². The molecule has 1 aliphatic carbocycles. The standard InChI is InChI=1S/C10H13F2N/c1-2-5-13-6-8-3-4-10(11,12)9(8)7-13/h1,8-9H,3-7H2. The molecule has 0 bridgehead atoms. The molecule has 2 aliphatic rings. The van der Waals surface area contributed by atoms with Crippen LogP contribution in [0.25, 0.3) is 0 Å². The Morgan fingerprint density at radius 1 is 1.46 bits per heavy atom. The zero-order valence-corrected chi connectivity index (χ0v) is 7.47. The van der Waals surface area contributed by atoms with Gasteiger partial charge in [0.2, 0.25) is 0 Å². The molecule has 72 valence electrons. The van der Waals surface area contributed by atoms with Crippen LogP contribution in [0.15, 0.2) is 0 Å². The zero-order chi connectivity index (χ0) is 9.47. The van der Waals surface area contributed by atoms with Gasteiger partial charge in [-0.1, -0.05) is 5.92 Å². The lowest BCUT2D eigenvalue weighted by Crippen LogP contribution is -2.29. The maximum Gasteiger partial charge on any atom is 0.252 e. The van der Waals surface area contributed by atoms with Gasteiger partial charge < -0.3 is 0 Å². The largest absolute Gasteiger partial charge is 0.292 e. The van der Waals surface area contributed by atoms with Gasteiger partial charge in [0.15, 0.2) is 0 Å². The van der Waals surface area contributed by atoms with Crippen LogP contribution >= 0.6 is 0 Å². The quantitative estimate of drug-likeness (QED) is 0.561. The number of hydrogen-bond acceptors (Lipinski definition) is 1. The number of alkyl halides is 2. The molecule has 0 aromatic carbocycles. The molecule has 1 aliphatic heterocycles. The molecule has 0 spiro atoms. The molecule has 2 atom stereocenters. The van der Waals surface area contributed by atoms with Crippen molar-refractivity contribution in [3.8, 4) is 12.3 Å². The molecule has 0 amide bonds. The Morgan fingerprint density at radius 3 is 2.85 bits per heavy atom. The highest BCUT2D eigenvalue weighted by Gasteiger charge is 2.53. The third kappa shape index (κ3) is 1.44. The molecule has 2 unspecified atom stereocenters. The maximum absolute atomic E-state index is 13.2. The van der Waals surface area contributed by atoms with Gasteiger partial charge >= 0.3 is 0 Å². The third-order valence-electron chi connectivity index (χ3n) is 3.22. The van der Waals surface area contributed by atoms with Gasteiger partial charge in [0, 0.05) is 25.4 Å². The fourth-order valence-corrected chi connectivity index (χ4v) is 2.55. The van der Waals surface area contributed by atoms with Gasteiger partial charge in [0.1, 0.15) is 0 Å². The Labute approximate surface area is 77.1 Å². The minimum Gasteiger partial charge on any atom is -0.292 e. The summed E-state index contributed by atoms with van der Waals surface area (Å²) in [5.41, 5.74) is 0. The lowest BCUT2D eigenvalue weighted by molar-refractivity contribution is -0.0394. The number of likely N-dealkylation sites (tertiary alicyclic amines) is 1. The minimum absolute atomic E-state index is 0.0756. The molecule has 0 aromatic heterocycles. The van der Waals surface area contributed by atoms with E-state index in [1.54, 1.807) is 0 Å². The van der Waals surface area contributed by atoms with Crippen molar-refractivity contribution in [1.29, 1.82) is 0 Å². The number of nitrogens with zero attached hydrogens (tertiary/aromatic N) is 1. The molecule has 0 radical (unpaired) electrons. The van der Waals surface area contributed by atoms with Crippen molar-refractivity contribution in [3.63, 3.8) is 0 Å². The summed E-state index contributed by atoms with van der Waals surface area (Å²) in [6.07, 6.45) is 5.89. The van der Waals surface area contributed by atoms with Gasteiger partial charge in [0.05, 0.1) is 6.54 Å². The predicted octanol–water partition coefficient (Wildman–Crippen LogP) is 1.60. The van der Waals surface area contributed by atoms with Gasteiger partial charge in [-0.2, -0.15) is 0 Å². The van der Waals surface area contributed by atoms with Crippen molar-refractivity contribution >= 4 is 0 Å². The van der Waals surface area contributed by atoms with Gasteiger partial charge in [-0.05, 0) is 12.3 Å². The number of fused-ring (bicyclic) bond motifs is 1. The first-order chi connectivity index (χ1) is 6.13. The molecule has 1 saturated carbocycles. The summed E-state index contributed by atoms with van der Waals surface area (Å²) in [4.78, 5) is 1.96. The van der Waals surface area contributed by atoms with E-state index >= 15 is 0 Å². The number of hydrogen-bond donors (Lipinski definition) is 0. The summed E-state index contributed by atoms with van der Waals surface area (Å²) in [5.74, 6) is -0.175. The van der Waals surface area contributed by atoms with Gasteiger partial charge in [0.25, 0.3) is 5.92 Å². The highest BCUT2D eigenvalue weighted by atomic mass is 19.3. The Balaban J connectivity index is 2.02. The minimum atomic E-state index is -2.44. The topological polar surface area (TPSA) is 3.24 Å². The first-order valence-corrected chi connectivity index (χ1v) is 4.67. The van der Waals surface area contributed by atoms with E-state index in [4.69, 9.17) is 6.42 Å². The zero-order valence-electron chi connectivity index (χ0n) is 7.47. The van der Waals surface area contributed by atoms with Crippen LogP contribution in [0.1, 0.15) is 12.8 Å². The second kappa shape index (κ2) is 2.95. The average molecular weight is 185 g/mol. The predicted molar refractivity (Wildman–Crippen MR) is 46.4 cm³/mol. The molecule has 2 rings (SSSR count). The van der Waals surface area contributed by atoms with Crippen LogP contribution in [0.2, 0.25) is 0 Å². The fraction of sp³-hybridized carbons (Fsp3) is 0.800. The van der Waals surface area contributed by atoms with E-state index in [2.05, 4.69) is 5.92 Å². The van der Waals surface area contributed by atoms with Crippen LogP contribution in [-0.2, 0) is 0 Å². The summed E-state index contributed by atoms with van der Waals surface area (Å²) in [7, 11) is 0. The molecule has 3 heteroatoms. The lowest BCUT2D eigenvalue weighted by atomic mass is 9.99. The van der Waals surface area contributed by atoms with Crippen molar-refractivity contribution < 1.29 is 8.78 Å². The fourth-order valence-electron chi connectivity index (χ4n) is 2.55. The highest BCUT2D eigenvalue weighted by molar-refractivity contribution is 5.00. The van der Waals surface area contributed by atoms with E-state index in [1.165, 1.54) is 0 Å². The normalized spacial score (nSPS) is 37.3. The molecular weight excluding hydrogens is 172 g/mol. The molecule has 2 fully saturated rings. The van der Waals surface area contributed by atoms with Crippen LogP contribution in [0.4, 0.5) is 8.78 Å². The Kier molecular flexibility index (Phi) is 2.03. The lowest BCUT2D eigenvalue weighted by Gasteiger charge is -2.18. The second-order valence-corrected chi connectivity index (χ2v) is 4.06. The SMILES string of the molecule is C#CCN1CC2CCC(F)(F)C2C1. The average Bonchev–Trinajstić information content (AvgIpc) is 2.55. The van der Waals surface area contributed by atoms with Gasteiger partial charge in [-0.3, -0.25) is 4.90 Å². The highest BCUT2D eigenvalue weighted by Crippen LogP contribution is 2.47. The molecular formula is C10H13F2N. The van der Waals surface area contributed by atoms with Crippen LogP contribution in [-0.4, -0.2) is 30.5 Å². The van der Waals surface area contributed by atoms with E-state index in [-0.39, 0.29) is 12.3 Å². The molecule has 13 heavy (non-hydrogen) atoms. The van der Waals surface area contributed by atoms with E-state index in [9.17, 15) is 8.78 Å². The van der Waals surface area contributed by atoms with E-state index < -0.39 is 11.8 Å². The summed E-state index contributed by atoms with van der Waals surface area (Å²) >= 11 is 0. The first-order valence-electron chi connectivity index (χ1n) is 4.67. The molecule has 0 aromatic rings. The molecule has 1 saturated heterocycles. The van der Waals surface area contributed by atoms with Crippen LogP contribution < -0.4 is 0 Å². The Hall–Kier alpha value is -0.620. The van der Waals surface area contributed by atoms with Crippen molar-refractivity contribution in [2.45, 2.75) is 18.8 Å². The van der Waals surface area contributed by atoms with Crippen LogP contribution in [0.3, 0.4) is 0 Å². The van der Waals surface area contributed by atoms with E-state index in [0.29, 0.717) is 19.5 Å². The number of halogens is 2. The summed E-state index contributed by atoms with van der Waals surface area (Å²) in [6.45, 7) is 1.77. The second-order valence-electron chi connectivity index (χ2n) is 4.06. The third-order valence-corrected chi connectivity index (χ3v) is 3.22. The van der Waals surface area contributed by atoms with Gasteiger partial charge in [-0.15, -0.1) is 6.42 Å². The maximum atomic E-state index is 13.2. The molecule has 0 N–H and O–H groups in total. The van der Waals surface area contributed by atoms with Crippen molar-refractivity contribution in [2.75, 3.05) is 19.6 Å². The van der Waals surface area contributed by atoms with E-state index in [1.807, 2.05) is 4.90 Å². The Morgan fingerprint density at radius 2 is 2.23 bits per heavy atom. The van der Waals surface area contributed by atoms with Gasteiger partial charge in [-0.25, -0.2) is 8.78 Å². The molecule has 1 heterocycles. The Bertz CT molecular complexity index is 244.